The van der Waals surface area contributed by atoms with Crippen LogP contribution in [0.15, 0.2) is 22.4 Å². The Morgan fingerprint density at radius 2 is 2.21 bits per heavy atom. The average Bonchev–Trinajstić information content (AvgIpc) is 2.59. The molecule has 14 heavy (non-hydrogen) atoms. The minimum absolute atomic E-state index is 0.130. The van der Waals surface area contributed by atoms with E-state index in [1.54, 1.807) is 23.1 Å². The predicted octanol–water partition coefficient (Wildman–Crippen LogP) is 3.42. The zero-order valence-electron chi connectivity index (χ0n) is 8.20. The van der Waals surface area contributed by atoms with Crippen molar-refractivity contribution >= 4 is 33.2 Å². The number of thiophene rings is 1. The van der Waals surface area contributed by atoms with Crippen LogP contribution in [0.5, 0.6) is 0 Å². The Labute approximate surface area is 91.8 Å². The summed E-state index contributed by atoms with van der Waals surface area (Å²) in [6.45, 7) is 2.24. The standard InChI is InChI=1S/C11H12OS2/c1-7-6-14-11-8(5-12)3-9(13-2)4-10(7)11/h3-4,6,12H,5H2,1-2H3. The van der Waals surface area contributed by atoms with Crippen LogP contribution in [0.3, 0.4) is 0 Å². The maximum Gasteiger partial charge on any atom is 0.0696 e. The summed E-state index contributed by atoms with van der Waals surface area (Å²) in [4.78, 5) is 1.23. The van der Waals surface area contributed by atoms with E-state index in [1.807, 2.05) is 0 Å². The molecule has 1 N–H and O–H groups in total. The highest BCUT2D eigenvalue weighted by Gasteiger charge is 2.06. The number of benzene rings is 1. The van der Waals surface area contributed by atoms with Gasteiger partial charge in [0.1, 0.15) is 0 Å². The molecule has 0 unspecified atom stereocenters. The minimum atomic E-state index is 0.130. The maximum absolute atomic E-state index is 9.26. The molecule has 0 saturated carbocycles. The second-order valence-corrected chi connectivity index (χ2v) is 5.00. The molecular weight excluding hydrogens is 212 g/mol. The van der Waals surface area contributed by atoms with E-state index in [0.29, 0.717) is 0 Å². The van der Waals surface area contributed by atoms with E-state index in [9.17, 15) is 5.11 Å². The molecule has 0 aliphatic rings. The van der Waals surface area contributed by atoms with Crippen molar-refractivity contribution in [3.8, 4) is 0 Å². The van der Waals surface area contributed by atoms with E-state index < -0.39 is 0 Å². The molecule has 0 bridgehead atoms. The fraction of sp³-hybridized carbons (Fsp3) is 0.273. The molecule has 0 amide bonds. The Hall–Kier alpha value is -0.510. The van der Waals surface area contributed by atoms with Gasteiger partial charge in [0.15, 0.2) is 0 Å². The van der Waals surface area contributed by atoms with Gasteiger partial charge in [-0.3, -0.25) is 0 Å². The smallest absolute Gasteiger partial charge is 0.0696 e. The summed E-state index contributed by atoms with van der Waals surface area (Å²) in [5.41, 5.74) is 2.35. The van der Waals surface area contributed by atoms with Crippen LogP contribution in [-0.4, -0.2) is 11.4 Å². The van der Waals surface area contributed by atoms with E-state index in [-0.39, 0.29) is 6.61 Å². The lowest BCUT2D eigenvalue weighted by Crippen LogP contribution is -1.84. The fourth-order valence-electron chi connectivity index (χ4n) is 1.54. The lowest BCUT2D eigenvalue weighted by molar-refractivity contribution is 0.283. The molecule has 74 valence electrons. The molecule has 0 aliphatic carbocycles. The van der Waals surface area contributed by atoms with Crippen molar-refractivity contribution in [2.75, 3.05) is 6.26 Å². The highest BCUT2D eigenvalue weighted by atomic mass is 32.2. The first-order valence-corrected chi connectivity index (χ1v) is 6.52. The van der Waals surface area contributed by atoms with Crippen LogP contribution in [-0.2, 0) is 6.61 Å². The van der Waals surface area contributed by atoms with Crippen LogP contribution in [0, 0.1) is 6.92 Å². The minimum Gasteiger partial charge on any atom is -0.392 e. The number of aliphatic hydroxyl groups is 1. The lowest BCUT2D eigenvalue weighted by atomic mass is 10.1. The molecule has 1 nitrogen and oxygen atoms in total. The van der Waals surface area contributed by atoms with Crippen LogP contribution >= 0.6 is 23.1 Å². The highest BCUT2D eigenvalue weighted by Crippen LogP contribution is 2.32. The van der Waals surface area contributed by atoms with Gasteiger partial charge in [0.25, 0.3) is 0 Å². The molecule has 0 spiro atoms. The monoisotopic (exact) mass is 224 g/mol. The first-order chi connectivity index (χ1) is 6.76. The van der Waals surface area contributed by atoms with Crippen molar-refractivity contribution in [2.45, 2.75) is 18.4 Å². The van der Waals surface area contributed by atoms with Gasteiger partial charge in [0.2, 0.25) is 0 Å². The molecular formula is C11H12OS2. The van der Waals surface area contributed by atoms with E-state index in [1.165, 1.54) is 20.5 Å². The average molecular weight is 224 g/mol. The van der Waals surface area contributed by atoms with Crippen LogP contribution in [0.2, 0.25) is 0 Å². The molecule has 1 aromatic carbocycles. The van der Waals surface area contributed by atoms with Crippen molar-refractivity contribution in [1.82, 2.24) is 0 Å². The number of aryl methyl sites for hydroxylation is 1. The molecule has 0 fully saturated rings. The third kappa shape index (κ3) is 1.56. The summed E-state index contributed by atoms with van der Waals surface area (Å²) in [5.74, 6) is 0. The molecule has 3 heteroatoms. The summed E-state index contributed by atoms with van der Waals surface area (Å²) < 4.78 is 1.22. The van der Waals surface area contributed by atoms with Gasteiger partial charge < -0.3 is 5.11 Å². The van der Waals surface area contributed by atoms with Gasteiger partial charge in [0.05, 0.1) is 6.61 Å². The van der Waals surface area contributed by atoms with Crippen LogP contribution in [0.1, 0.15) is 11.1 Å². The SMILES string of the molecule is CSc1cc(CO)c2scc(C)c2c1. The summed E-state index contributed by atoms with van der Waals surface area (Å²) in [5, 5.41) is 12.7. The summed E-state index contributed by atoms with van der Waals surface area (Å²) in [6.07, 6.45) is 2.06. The second-order valence-electron chi connectivity index (χ2n) is 3.24. The number of thioether (sulfide) groups is 1. The molecule has 0 atom stereocenters. The Morgan fingerprint density at radius 3 is 2.86 bits per heavy atom. The number of aliphatic hydroxyl groups excluding tert-OH is 1. The van der Waals surface area contributed by atoms with E-state index in [0.717, 1.165) is 5.56 Å². The maximum atomic E-state index is 9.26. The van der Waals surface area contributed by atoms with Crippen LogP contribution in [0.25, 0.3) is 10.1 Å². The van der Waals surface area contributed by atoms with Crippen molar-refractivity contribution in [3.05, 3.63) is 28.6 Å². The summed E-state index contributed by atoms with van der Waals surface area (Å²) >= 11 is 3.43. The van der Waals surface area contributed by atoms with Gasteiger partial charge in [-0.25, -0.2) is 0 Å². The van der Waals surface area contributed by atoms with Gasteiger partial charge in [-0.2, -0.15) is 0 Å². The molecule has 1 heterocycles. The fourth-order valence-corrected chi connectivity index (χ4v) is 3.08. The lowest BCUT2D eigenvalue weighted by Gasteiger charge is -2.03. The largest absolute Gasteiger partial charge is 0.392 e. The Kier molecular flexibility index (Phi) is 2.81. The predicted molar refractivity (Wildman–Crippen MR) is 64.3 cm³/mol. The topological polar surface area (TPSA) is 20.2 Å². The second kappa shape index (κ2) is 3.93. The van der Waals surface area contributed by atoms with Gasteiger partial charge in [-0.15, -0.1) is 23.1 Å². The molecule has 1 aromatic heterocycles. The molecule has 2 rings (SSSR count). The van der Waals surface area contributed by atoms with Gasteiger partial charge >= 0.3 is 0 Å². The molecule has 0 saturated heterocycles. The van der Waals surface area contributed by atoms with Crippen molar-refractivity contribution in [1.29, 1.82) is 0 Å². The normalized spacial score (nSPS) is 11.1. The Bertz CT molecular complexity index is 460. The van der Waals surface area contributed by atoms with Gasteiger partial charge in [-0.1, -0.05) is 0 Å². The van der Waals surface area contributed by atoms with Crippen molar-refractivity contribution in [3.63, 3.8) is 0 Å². The van der Waals surface area contributed by atoms with E-state index in [4.69, 9.17) is 0 Å². The van der Waals surface area contributed by atoms with Crippen molar-refractivity contribution in [2.24, 2.45) is 0 Å². The third-order valence-corrected chi connectivity index (χ3v) is 4.22. The summed E-state index contributed by atoms with van der Waals surface area (Å²) in [6, 6.07) is 4.27. The first-order valence-electron chi connectivity index (χ1n) is 4.42. The Morgan fingerprint density at radius 1 is 1.43 bits per heavy atom. The van der Waals surface area contributed by atoms with Crippen LogP contribution < -0.4 is 0 Å². The summed E-state index contributed by atoms with van der Waals surface area (Å²) in [7, 11) is 0. The molecule has 0 radical (unpaired) electrons. The zero-order valence-corrected chi connectivity index (χ0v) is 9.84. The van der Waals surface area contributed by atoms with Crippen LogP contribution in [0.4, 0.5) is 0 Å². The van der Waals surface area contributed by atoms with E-state index in [2.05, 4.69) is 30.7 Å². The molecule has 0 aliphatic heterocycles. The van der Waals surface area contributed by atoms with Gasteiger partial charge in [-0.05, 0) is 47.2 Å². The van der Waals surface area contributed by atoms with Crippen molar-refractivity contribution < 1.29 is 5.11 Å². The Balaban J connectivity index is 2.76. The van der Waals surface area contributed by atoms with Gasteiger partial charge in [0, 0.05) is 9.60 Å². The number of hydrogen-bond donors (Lipinski definition) is 1. The highest BCUT2D eigenvalue weighted by molar-refractivity contribution is 7.98. The first kappa shape index (κ1) is 10.0. The van der Waals surface area contributed by atoms with E-state index >= 15 is 0 Å². The third-order valence-electron chi connectivity index (χ3n) is 2.32. The number of fused-ring (bicyclic) bond motifs is 1. The quantitative estimate of drug-likeness (QED) is 0.789. The zero-order chi connectivity index (χ0) is 10.1. The number of hydrogen-bond acceptors (Lipinski definition) is 3. The number of rotatable bonds is 2. The molecule has 2 aromatic rings.